The lowest BCUT2D eigenvalue weighted by atomic mass is 9.97. The Morgan fingerprint density at radius 1 is 1.44 bits per heavy atom. The number of rotatable bonds is 5. The molecule has 134 valence electrons. The van der Waals surface area contributed by atoms with Crippen molar-refractivity contribution in [2.75, 3.05) is 20.1 Å². The largest absolute Gasteiger partial charge is 0.352 e. The Hall–Kier alpha value is -2.37. The quantitative estimate of drug-likeness (QED) is 0.649. The fourth-order valence-corrected chi connectivity index (χ4v) is 3.57. The molecular weight excluding hydrogens is 312 g/mol. The van der Waals surface area contributed by atoms with Crippen molar-refractivity contribution in [3.8, 4) is 11.4 Å². The molecule has 1 unspecified atom stereocenters. The Morgan fingerprint density at radius 2 is 2.32 bits per heavy atom. The number of aromatic nitrogens is 3. The monoisotopic (exact) mass is 340 g/mol. The fraction of sp³-hybridized carbons (Fsp3) is 0.526. The zero-order valence-corrected chi connectivity index (χ0v) is 15.4. The lowest BCUT2D eigenvalue weighted by Crippen LogP contribution is -2.39. The summed E-state index contributed by atoms with van der Waals surface area (Å²) in [4.78, 5) is 11.1. The Balaban J connectivity index is 1.58. The third-order valence-corrected chi connectivity index (χ3v) is 4.67. The summed E-state index contributed by atoms with van der Waals surface area (Å²) in [6.07, 6.45) is 4.09. The van der Waals surface area contributed by atoms with Gasteiger partial charge in [0.1, 0.15) is 6.33 Å². The molecule has 0 aliphatic carbocycles. The van der Waals surface area contributed by atoms with Crippen molar-refractivity contribution in [3.05, 3.63) is 36.2 Å². The second kappa shape index (κ2) is 8.14. The van der Waals surface area contributed by atoms with E-state index in [1.165, 1.54) is 24.7 Å². The molecule has 6 heteroatoms. The average Bonchev–Trinajstić information content (AvgIpc) is 3.27. The van der Waals surface area contributed by atoms with E-state index in [2.05, 4.69) is 56.4 Å². The van der Waals surface area contributed by atoms with Crippen LogP contribution in [-0.4, -0.2) is 46.2 Å². The number of likely N-dealkylation sites (tertiary alicyclic amines) is 1. The van der Waals surface area contributed by atoms with Crippen molar-refractivity contribution in [3.63, 3.8) is 0 Å². The van der Waals surface area contributed by atoms with Crippen molar-refractivity contribution in [2.45, 2.75) is 33.2 Å². The molecule has 3 rings (SSSR count). The molecule has 0 amide bonds. The van der Waals surface area contributed by atoms with Crippen LogP contribution in [0.15, 0.2) is 35.6 Å². The lowest BCUT2D eigenvalue weighted by Gasteiger charge is -2.22. The predicted molar refractivity (Wildman–Crippen MR) is 101 cm³/mol. The number of benzene rings is 1. The minimum Gasteiger partial charge on any atom is -0.352 e. The molecule has 1 aliphatic rings. The van der Waals surface area contributed by atoms with Gasteiger partial charge in [0.15, 0.2) is 11.8 Å². The third-order valence-electron chi connectivity index (χ3n) is 4.67. The highest BCUT2D eigenvalue weighted by atomic mass is 15.3. The Kier molecular flexibility index (Phi) is 5.68. The van der Waals surface area contributed by atoms with Crippen molar-refractivity contribution in [2.24, 2.45) is 16.8 Å². The number of aromatic amines is 1. The molecule has 1 aromatic heterocycles. The highest BCUT2D eigenvalue weighted by Crippen LogP contribution is 2.23. The number of hydrogen-bond donors (Lipinski definition) is 2. The highest BCUT2D eigenvalue weighted by molar-refractivity contribution is 5.80. The Morgan fingerprint density at radius 3 is 3.04 bits per heavy atom. The number of H-pyrrole nitrogens is 1. The van der Waals surface area contributed by atoms with Crippen molar-refractivity contribution >= 4 is 5.96 Å². The molecule has 0 radical (unpaired) electrons. The maximum atomic E-state index is 4.47. The first-order valence-corrected chi connectivity index (χ1v) is 9.06. The molecule has 25 heavy (non-hydrogen) atoms. The van der Waals surface area contributed by atoms with E-state index in [0.717, 1.165) is 48.8 Å². The zero-order chi connectivity index (χ0) is 17.6. The van der Waals surface area contributed by atoms with Gasteiger partial charge in [-0.05, 0) is 36.3 Å². The third kappa shape index (κ3) is 4.59. The Bertz CT molecular complexity index is 692. The molecule has 1 fully saturated rings. The molecule has 2 heterocycles. The standard InChI is InChI=1S/C19H28N6/c1-14(2)9-16-7-8-25(12-16)19(20-3)21-11-15-5-4-6-17(10-15)18-22-13-23-24-18/h4-6,10,13-14,16H,7-9,11-12H2,1-3H3,(H,20,21)(H,22,23,24). The van der Waals surface area contributed by atoms with Crippen LogP contribution < -0.4 is 5.32 Å². The Labute approximate surface area is 149 Å². The lowest BCUT2D eigenvalue weighted by molar-refractivity contribution is 0.403. The van der Waals surface area contributed by atoms with Gasteiger partial charge < -0.3 is 10.2 Å². The van der Waals surface area contributed by atoms with Crippen LogP contribution in [0.25, 0.3) is 11.4 Å². The second-order valence-corrected chi connectivity index (χ2v) is 7.17. The van der Waals surface area contributed by atoms with E-state index in [0.29, 0.717) is 0 Å². The number of nitrogens with zero attached hydrogens (tertiary/aromatic N) is 4. The summed E-state index contributed by atoms with van der Waals surface area (Å²) in [7, 11) is 1.86. The van der Waals surface area contributed by atoms with Gasteiger partial charge in [0.25, 0.3) is 0 Å². The van der Waals surface area contributed by atoms with Gasteiger partial charge in [-0.2, -0.15) is 5.10 Å². The minimum absolute atomic E-state index is 0.750. The smallest absolute Gasteiger partial charge is 0.193 e. The van der Waals surface area contributed by atoms with Crippen LogP contribution in [0.4, 0.5) is 0 Å². The van der Waals surface area contributed by atoms with E-state index in [1.54, 1.807) is 0 Å². The van der Waals surface area contributed by atoms with Crippen LogP contribution in [0.5, 0.6) is 0 Å². The van der Waals surface area contributed by atoms with Crippen LogP contribution in [0.1, 0.15) is 32.3 Å². The topological polar surface area (TPSA) is 69.2 Å². The van der Waals surface area contributed by atoms with Crippen molar-refractivity contribution in [1.29, 1.82) is 0 Å². The molecule has 6 nitrogen and oxygen atoms in total. The minimum atomic E-state index is 0.750. The first-order valence-electron chi connectivity index (χ1n) is 9.06. The number of aliphatic imine (C=N–C) groups is 1. The summed E-state index contributed by atoms with van der Waals surface area (Å²) in [5, 5.41) is 10.3. The normalized spacial score (nSPS) is 18.2. The second-order valence-electron chi connectivity index (χ2n) is 7.17. The van der Waals surface area contributed by atoms with Gasteiger partial charge in [0, 0.05) is 32.2 Å². The summed E-state index contributed by atoms with van der Waals surface area (Å²) < 4.78 is 0. The predicted octanol–water partition coefficient (Wildman–Crippen LogP) is 2.92. The van der Waals surface area contributed by atoms with Gasteiger partial charge in [-0.25, -0.2) is 4.98 Å². The number of guanidine groups is 1. The molecule has 1 saturated heterocycles. The summed E-state index contributed by atoms with van der Waals surface area (Å²) in [5.41, 5.74) is 2.25. The van der Waals surface area contributed by atoms with Gasteiger partial charge in [0.05, 0.1) is 0 Å². The molecule has 2 aromatic rings. The van der Waals surface area contributed by atoms with Gasteiger partial charge in [-0.3, -0.25) is 10.1 Å². The van der Waals surface area contributed by atoms with Crippen LogP contribution in [-0.2, 0) is 6.54 Å². The maximum absolute atomic E-state index is 4.47. The van der Waals surface area contributed by atoms with Gasteiger partial charge in [0.2, 0.25) is 0 Å². The number of nitrogens with one attached hydrogen (secondary N) is 2. The molecule has 0 spiro atoms. The molecule has 1 aliphatic heterocycles. The van der Waals surface area contributed by atoms with Gasteiger partial charge >= 0.3 is 0 Å². The summed E-state index contributed by atoms with van der Waals surface area (Å²) in [6, 6.07) is 8.33. The molecular formula is C19H28N6. The van der Waals surface area contributed by atoms with Crippen molar-refractivity contribution < 1.29 is 0 Å². The van der Waals surface area contributed by atoms with Gasteiger partial charge in [-0.1, -0.05) is 32.0 Å². The fourth-order valence-electron chi connectivity index (χ4n) is 3.57. The van der Waals surface area contributed by atoms with Gasteiger partial charge in [-0.15, -0.1) is 0 Å². The summed E-state index contributed by atoms with van der Waals surface area (Å²) >= 11 is 0. The molecule has 1 atom stereocenters. The maximum Gasteiger partial charge on any atom is 0.193 e. The highest BCUT2D eigenvalue weighted by Gasteiger charge is 2.25. The summed E-state index contributed by atoms with van der Waals surface area (Å²) in [6.45, 7) is 7.56. The van der Waals surface area contributed by atoms with Crippen LogP contribution >= 0.6 is 0 Å². The average molecular weight is 340 g/mol. The van der Waals surface area contributed by atoms with E-state index < -0.39 is 0 Å². The van der Waals surface area contributed by atoms with E-state index in [-0.39, 0.29) is 0 Å². The van der Waals surface area contributed by atoms with E-state index >= 15 is 0 Å². The van der Waals surface area contributed by atoms with E-state index in [1.807, 2.05) is 19.2 Å². The zero-order valence-electron chi connectivity index (χ0n) is 15.4. The first kappa shape index (κ1) is 17.5. The molecule has 1 aromatic carbocycles. The summed E-state index contributed by atoms with van der Waals surface area (Å²) in [5.74, 6) is 3.34. The van der Waals surface area contributed by atoms with Crippen molar-refractivity contribution in [1.82, 2.24) is 25.4 Å². The van der Waals surface area contributed by atoms with Crippen LogP contribution in [0, 0.1) is 11.8 Å². The SMILES string of the molecule is CN=C(NCc1cccc(-c2ncn[nH]2)c1)N1CCC(CC(C)C)C1. The van der Waals surface area contributed by atoms with E-state index in [4.69, 9.17) is 0 Å². The van der Waals surface area contributed by atoms with Crippen LogP contribution in [0.3, 0.4) is 0 Å². The molecule has 0 saturated carbocycles. The number of hydrogen-bond acceptors (Lipinski definition) is 3. The van der Waals surface area contributed by atoms with Crippen LogP contribution in [0.2, 0.25) is 0 Å². The molecule has 0 bridgehead atoms. The molecule has 2 N–H and O–H groups in total. The first-order chi connectivity index (χ1) is 12.2. The van der Waals surface area contributed by atoms with E-state index in [9.17, 15) is 0 Å².